The number of nitrogens with two attached hydrogens (primary N) is 1. The Balaban J connectivity index is 2.95. The molecule has 20 heavy (non-hydrogen) atoms. The second-order valence-corrected chi connectivity index (χ2v) is 5.97. The van der Waals surface area contributed by atoms with Crippen molar-refractivity contribution in [2.24, 2.45) is 5.73 Å². The van der Waals surface area contributed by atoms with Gasteiger partial charge in [-0.1, -0.05) is 26.3 Å². The minimum absolute atomic E-state index is 0.188. The third kappa shape index (κ3) is 4.78. The van der Waals surface area contributed by atoms with Crippen molar-refractivity contribution in [2.45, 2.75) is 72.4 Å². The number of pyridine rings is 1. The molecule has 2 atom stereocenters. The summed E-state index contributed by atoms with van der Waals surface area (Å²) in [6, 6.07) is 2.97. The van der Waals surface area contributed by atoms with Crippen LogP contribution >= 0.6 is 0 Å². The number of hydrogen-bond acceptors (Lipinski definition) is 3. The first-order valence-corrected chi connectivity index (χ1v) is 7.97. The second-order valence-electron chi connectivity index (χ2n) is 5.97. The number of anilines is 1. The molecular weight excluding hydrogens is 246 g/mol. The van der Waals surface area contributed by atoms with Gasteiger partial charge in [-0.15, -0.1) is 0 Å². The molecule has 2 unspecified atom stereocenters. The lowest BCUT2D eigenvalue weighted by Crippen LogP contribution is -2.34. The van der Waals surface area contributed by atoms with Gasteiger partial charge in [-0.05, 0) is 51.2 Å². The first-order chi connectivity index (χ1) is 9.49. The molecule has 1 heterocycles. The lowest BCUT2D eigenvalue weighted by molar-refractivity contribution is 0.588. The Hall–Kier alpha value is -1.09. The average molecular weight is 277 g/mol. The predicted octanol–water partition coefficient (Wildman–Crippen LogP) is 3.68. The van der Waals surface area contributed by atoms with Gasteiger partial charge in [0.2, 0.25) is 0 Å². The van der Waals surface area contributed by atoms with Gasteiger partial charge in [0.15, 0.2) is 0 Å². The largest absolute Gasteiger partial charge is 0.354 e. The van der Waals surface area contributed by atoms with Crippen molar-refractivity contribution in [3.05, 3.63) is 23.4 Å². The molecule has 0 aliphatic carbocycles. The maximum atomic E-state index is 5.87. The summed E-state index contributed by atoms with van der Waals surface area (Å²) in [5.74, 6) is 1.14. The van der Waals surface area contributed by atoms with E-state index in [1.54, 1.807) is 0 Å². The van der Waals surface area contributed by atoms with E-state index < -0.39 is 0 Å². The van der Waals surface area contributed by atoms with Crippen molar-refractivity contribution in [1.29, 1.82) is 0 Å². The van der Waals surface area contributed by atoms with Crippen LogP contribution < -0.4 is 10.6 Å². The summed E-state index contributed by atoms with van der Waals surface area (Å²) in [5, 5.41) is 0. The number of rotatable bonds is 8. The maximum absolute atomic E-state index is 5.87. The standard InChI is InChI=1S/C17H31N3/c1-6-8-9-20(15(5)7-2)17-13(3)10-16(12-19-17)11-14(4)18/h10,12,14-15H,6-9,11,18H2,1-5H3. The molecule has 0 bridgehead atoms. The van der Waals surface area contributed by atoms with E-state index in [0.717, 1.165) is 25.2 Å². The molecule has 114 valence electrons. The van der Waals surface area contributed by atoms with Crippen molar-refractivity contribution in [3.63, 3.8) is 0 Å². The fourth-order valence-electron chi connectivity index (χ4n) is 2.49. The Labute approximate surface area is 124 Å². The molecule has 0 radical (unpaired) electrons. The zero-order valence-electron chi connectivity index (χ0n) is 13.8. The summed E-state index contributed by atoms with van der Waals surface area (Å²) in [6.07, 6.45) is 6.47. The molecule has 1 aromatic rings. The van der Waals surface area contributed by atoms with Crippen LogP contribution in [0.1, 0.15) is 58.1 Å². The van der Waals surface area contributed by atoms with Crippen LogP contribution in [0.2, 0.25) is 0 Å². The zero-order valence-corrected chi connectivity index (χ0v) is 13.8. The molecule has 3 nitrogen and oxygen atoms in total. The van der Waals surface area contributed by atoms with Gasteiger partial charge in [-0.3, -0.25) is 0 Å². The second kappa shape index (κ2) is 8.25. The lowest BCUT2D eigenvalue weighted by atomic mass is 10.1. The summed E-state index contributed by atoms with van der Waals surface area (Å²) in [5.41, 5.74) is 8.37. The molecule has 0 saturated carbocycles. The normalized spacial score (nSPS) is 14.1. The van der Waals surface area contributed by atoms with E-state index in [2.05, 4.69) is 38.7 Å². The van der Waals surface area contributed by atoms with Gasteiger partial charge in [0, 0.05) is 24.8 Å². The van der Waals surface area contributed by atoms with E-state index in [-0.39, 0.29) is 6.04 Å². The summed E-state index contributed by atoms with van der Waals surface area (Å²) in [4.78, 5) is 7.18. The first kappa shape index (κ1) is 17.0. The first-order valence-electron chi connectivity index (χ1n) is 7.97. The maximum Gasteiger partial charge on any atom is 0.131 e. The minimum Gasteiger partial charge on any atom is -0.354 e. The Morgan fingerprint density at radius 1 is 1.30 bits per heavy atom. The van der Waals surface area contributed by atoms with Gasteiger partial charge in [0.1, 0.15) is 5.82 Å². The zero-order chi connectivity index (χ0) is 15.1. The van der Waals surface area contributed by atoms with Crippen LogP contribution in [0.3, 0.4) is 0 Å². The highest BCUT2D eigenvalue weighted by Gasteiger charge is 2.16. The Morgan fingerprint density at radius 2 is 2.00 bits per heavy atom. The minimum atomic E-state index is 0.188. The van der Waals surface area contributed by atoms with Crippen LogP contribution in [-0.2, 0) is 6.42 Å². The van der Waals surface area contributed by atoms with Crippen LogP contribution in [0, 0.1) is 6.92 Å². The van der Waals surface area contributed by atoms with Crippen LogP contribution in [0.4, 0.5) is 5.82 Å². The molecule has 2 N–H and O–H groups in total. The highest BCUT2D eigenvalue weighted by molar-refractivity contribution is 5.48. The van der Waals surface area contributed by atoms with Gasteiger partial charge in [-0.25, -0.2) is 4.98 Å². The molecular formula is C17H31N3. The number of hydrogen-bond donors (Lipinski definition) is 1. The molecule has 0 aromatic carbocycles. The van der Waals surface area contributed by atoms with Crippen LogP contribution in [0.5, 0.6) is 0 Å². The third-order valence-electron chi connectivity index (χ3n) is 3.81. The Kier molecular flexibility index (Phi) is 7.00. The van der Waals surface area contributed by atoms with Gasteiger partial charge < -0.3 is 10.6 Å². The van der Waals surface area contributed by atoms with E-state index in [4.69, 9.17) is 10.7 Å². The van der Waals surface area contributed by atoms with Gasteiger partial charge in [-0.2, -0.15) is 0 Å². The number of nitrogens with zero attached hydrogens (tertiary/aromatic N) is 2. The summed E-state index contributed by atoms with van der Waals surface area (Å²) >= 11 is 0. The molecule has 1 rings (SSSR count). The summed E-state index contributed by atoms with van der Waals surface area (Å²) < 4.78 is 0. The van der Waals surface area contributed by atoms with Crippen molar-refractivity contribution in [2.75, 3.05) is 11.4 Å². The van der Waals surface area contributed by atoms with Crippen LogP contribution in [-0.4, -0.2) is 23.6 Å². The van der Waals surface area contributed by atoms with Gasteiger partial charge in [0.25, 0.3) is 0 Å². The predicted molar refractivity (Wildman–Crippen MR) is 88.3 cm³/mol. The van der Waals surface area contributed by atoms with Gasteiger partial charge >= 0.3 is 0 Å². The van der Waals surface area contributed by atoms with E-state index in [9.17, 15) is 0 Å². The molecule has 3 heteroatoms. The highest BCUT2D eigenvalue weighted by atomic mass is 15.2. The van der Waals surface area contributed by atoms with E-state index in [0.29, 0.717) is 6.04 Å². The fourth-order valence-corrected chi connectivity index (χ4v) is 2.49. The quantitative estimate of drug-likeness (QED) is 0.788. The van der Waals surface area contributed by atoms with Crippen molar-refractivity contribution >= 4 is 5.82 Å². The van der Waals surface area contributed by atoms with E-state index in [1.807, 2.05) is 13.1 Å². The van der Waals surface area contributed by atoms with Crippen LogP contribution in [0.15, 0.2) is 12.3 Å². The van der Waals surface area contributed by atoms with Gasteiger partial charge in [0.05, 0.1) is 0 Å². The monoisotopic (exact) mass is 277 g/mol. The molecule has 0 aliphatic heterocycles. The smallest absolute Gasteiger partial charge is 0.131 e. The molecule has 0 spiro atoms. The van der Waals surface area contributed by atoms with E-state index >= 15 is 0 Å². The topological polar surface area (TPSA) is 42.2 Å². The lowest BCUT2D eigenvalue weighted by Gasteiger charge is -2.31. The van der Waals surface area contributed by atoms with Crippen molar-refractivity contribution in [1.82, 2.24) is 4.98 Å². The number of aryl methyl sites for hydroxylation is 1. The molecule has 1 aromatic heterocycles. The summed E-state index contributed by atoms with van der Waals surface area (Å²) in [6.45, 7) is 12.0. The average Bonchev–Trinajstić information content (AvgIpc) is 2.40. The fraction of sp³-hybridized carbons (Fsp3) is 0.706. The number of unbranched alkanes of at least 4 members (excludes halogenated alkanes) is 1. The molecule has 0 saturated heterocycles. The molecule has 0 fully saturated rings. The summed E-state index contributed by atoms with van der Waals surface area (Å²) in [7, 11) is 0. The Bertz CT molecular complexity index is 401. The third-order valence-corrected chi connectivity index (χ3v) is 3.81. The van der Waals surface area contributed by atoms with Crippen LogP contribution in [0.25, 0.3) is 0 Å². The highest BCUT2D eigenvalue weighted by Crippen LogP contribution is 2.22. The molecule has 0 aliphatic rings. The van der Waals surface area contributed by atoms with E-state index in [1.165, 1.54) is 24.0 Å². The van der Waals surface area contributed by atoms with Crippen molar-refractivity contribution < 1.29 is 0 Å². The van der Waals surface area contributed by atoms with Crippen molar-refractivity contribution in [3.8, 4) is 0 Å². The SMILES string of the molecule is CCCCN(c1ncc(CC(C)N)cc1C)C(C)CC. The molecule has 0 amide bonds. The number of aromatic nitrogens is 1. The Morgan fingerprint density at radius 3 is 2.50 bits per heavy atom.